The summed E-state index contributed by atoms with van der Waals surface area (Å²) < 4.78 is 9.33. The minimum Gasteiger partial charge on any atom is -0.107 e. The molecular weight excluding hydrogens is 329 g/mol. The molecule has 0 aliphatic rings. The topological polar surface area (TPSA) is 57.5 Å². The molecule has 66 valence electrons. The standard InChI is InChI=1S/C3H9As.CH5O3P.HI/c1-4(2)3;1-5(2,3)4;/h1-3H3;1H3,(H2,2,3,4);1H. The SMILES string of the molecule is CP(=O)(O)O.C[As](C)C.I. The number of rotatable bonds is 0. The normalized spacial score (nSPS) is 9.50. The minimum atomic E-state index is -3.64. The predicted molar refractivity (Wildman–Crippen MR) is 56.7 cm³/mol. The maximum atomic E-state index is 9.33. The average Bonchev–Trinajstić information content (AvgIpc) is 1.19. The van der Waals surface area contributed by atoms with E-state index in [-0.39, 0.29) is 38.6 Å². The molecule has 0 aliphatic heterocycles. The molecule has 10 heavy (non-hydrogen) atoms. The first-order chi connectivity index (χ1) is 3.73. The monoisotopic (exact) mass is 344 g/mol. The summed E-state index contributed by atoms with van der Waals surface area (Å²) >= 11 is -0.188. The van der Waals surface area contributed by atoms with Gasteiger partial charge in [0.15, 0.2) is 0 Å². The molecule has 0 bridgehead atoms. The van der Waals surface area contributed by atoms with Crippen LogP contribution in [0, 0.1) is 0 Å². The summed E-state index contributed by atoms with van der Waals surface area (Å²) in [7, 11) is -3.64. The van der Waals surface area contributed by atoms with Crippen LogP contribution in [-0.2, 0) is 4.57 Å². The molecule has 0 saturated heterocycles. The molecule has 0 aromatic carbocycles. The van der Waals surface area contributed by atoms with Gasteiger partial charge in [0.2, 0.25) is 0 Å². The van der Waals surface area contributed by atoms with Crippen LogP contribution in [0.5, 0.6) is 0 Å². The molecule has 3 nitrogen and oxygen atoms in total. The van der Waals surface area contributed by atoms with Crippen LogP contribution in [0.3, 0.4) is 0 Å². The van der Waals surface area contributed by atoms with Gasteiger partial charge in [-0.2, -0.15) is 0 Å². The molecule has 0 radical (unpaired) electrons. The van der Waals surface area contributed by atoms with Gasteiger partial charge in [0, 0.05) is 6.66 Å². The molecular formula is C4H15AsIO3P. The second-order valence-electron chi connectivity index (χ2n) is 2.18. The van der Waals surface area contributed by atoms with Gasteiger partial charge in [-0.1, -0.05) is 0 Å². The van der Waals surface area contributed by atoms with Crippen molar-refractivity contribution in [2.75, 3.05) is 6.66 Å². The van der Waals surface area contributed by atoms with Crippen molar-refractivity contribution in [3.05, 3.63) is 0 Å². The quantitative estimate of drug-likeness (QED) is 0.400. The van der Waals surface area contributed by atoms with Crippen LogP contribution in [0.4, 0.5) is 0 Å². The maximum absolute atomic E-state index is 9.33. The van der Waals surface area contributed by atoms with Crippen molar-refractivity contribution in [2.45, 2.75) is 17.1 Å². The molecule has 0 amide bonds. The predicted octanol–water partition coefficient (Wildman–Crippen LogP) is 1.78. The average molecular weight is 344 g/mol. The summed E-state index contributed by atoms with van der Waals surface area (Å²) in [5, 5.41) is 0. The zero-order chi connectivity index (χ0) is 8.08. The van der Waals surface area contributed by atoms with Gasteiger partial charge in [0.1, 0.15) is 0 Å². The van der Waals surface area contributed by atoms with E-state index in [2.05, 4.69) is 17.1 Å². The number of halogens is 1. The molecule has 2 N–H and O–H groups in total. The van der Waals surface area contributed by atoms with Gasteiger partial charge in [-0.3, -0.25) is 4.57 Å². The first-order valence-electron chi connectivity index (χ1n) is 2.37. The maximum Gasteiger partial charge on any atom is -0.107 e. The minimum absolute atomic E-state index is 0. The van der Waals surface area contributed by atoms with Crippen molar-refractivity contribution in [3.63, 3.8) is 0 Å². The molecule has 0 heterocycles. The van der Waals surface area contributed by atoms with E-state index in [0.29, 0.717) is 0 Å². The molecule has 0 rings (SSSR count). The van der Waals surface area contributed by atoms with E-state index in [9.17, 15) is 4.57 Å². The summed E-state index contributed by atoms with van der Waals surface area (Å²) in [6.45, 7) is 0.854. The molecule has 0 fully saturated rings. The third-order valence-corrected chi connectivity index (χ3v) is 0. The van der Waals surface area contributed by atoms with Crippen molar-refractivity contribution in [1.82, 2.24) is 0 Å². The van der Waals surface area contributed by atoms with E-state index >= 15 is 0 Å². The molecule has 0 aromatic rings. The van der Waals surface area contributed by atoms with Crippen molar-refractivity contribution in [2.24, 2.45) is 0 Å². The van der Waals surface area contributed by atoms with Crippen LogP contribution >= 0.6 is 31.6 Å². The van der Waals surface area contributed by atoms with E-state index in [0.717, 1.165) is 6.66 Å². The Kier molecular flexibility index (Phi) is 14.9. The van der Waals surface area contributed by atoms with Gasteiger partial charge in [0.25, 0.3) is 0 Å². The zero-order valence-corrected chi connectivity index (χ0v) is 11.7. The fourth-order valence-corrected chi connectivity index (χ4v) is 0. The van der Waals surface area contributed by atoms with Gasteiger partial charge in [-0.05, 0) is 0 Å². The van der Waals surface area contributed by atoms with Crippen molar-refractivity contribution in [3.8, 4) is 0 Å². The van der Waals surface area contributed by atoms with E-state index < -0.39 is 7.60 Å². The summed E-state index contributed by atoms with van der Waals surface area (Å²) in [4.78, 5) is 15.3. The Hall–Kier alpha value is 1.44. The van der Waals surface area contributed by atoms with Crippen LogP contribution in [0.1, 0.15) is 0 Å². The van der Waals surface area contributed by atoms with E-state index in [4.69, 9.17) is 9.79 Å². The molecule has 0 spiro atoms. The number of hydrogen-bond acceptors (Lipinski definition) is 1. The first kappa shape index (κ1) is 17.5. The molecule has 0 aliphatic carbocycles. The summed E-state index contributed by atoms with van der Waals surface area (Å²) in [6, 6.07) is 0. The Morgan fingerprint density at radius 2 is 1.20 bits per heavy atom. The van der Waals surface area contributed by atoms with E-state index in [1.165, 1.54) is 0 Å². The van der Waals surface area contributed by atoms with Crippen LogP contribution < -0.4 is 0 Å². The van der Waals surface area contributed by atoms with E-state index in [1.54, 1.807) is 0 Å². The molecule has 0 atom stereocenters. The molecule has 0 saturated carbocycles. The largest absolute Gasteiger partial charge is 0.107 e. The Morgan fingerprint density at radius 1 is 1.20 bits per heavy atom. The Labute approximate surface area is 84.0 Å². The van der Waals surface area contributed by atoms with Gasteiger partial charge >= 0.3 is 39.4 Å². The van der Waals surface area contributed by atoms with E-state index in [1.807, 2.05) is 0 Å². The summed E-state index contributed by atoms with van der Waals surface area (Å²) in [5.41, 5.74) is 6.94. The second kappa shape index (κ2) is 8.53. The van der Waals surface area contributed by atoms with Crippen LogP contribution in [-0.4, -0.2) is 31.1 Å². The Balaban J connectivity index is -0.0000000910. The Morgan fingerprint density at radius 3 is 1.20 bits per heavy atom. The molecule has 0 aromatic heterocycles. The summed E-state index contributed by atoms with van der Waals surface area (Å²) in [6.07, 6.45) is 0. The first-order valence-corrected chi connectivity index (χ1v) is 10.1. The third kappa shape index (κ3) is 325. The van der Waals surface area contributed by atoms with Crippen LogP contribution in [0.2, 0.25) is 17.1 Å². The van der Waals surface area contributed by atoms with Crippen molar-refractivity contribution in [1.29, 1.82) is 0 Å². The third-order valence-electron chi connectivity index (χ3n) is 0. The Bertz CT molecular complexity index is 91.7. The molecule has 6 heteroatoms. The van der Waals surface area contributed by atoms with Gasteiger partial charge < -0.3 is 9.79 Å². The van der Waals surface area contributed by atoms with Crippen LogP contribution in [0.15, 0.2) is 0 Å². The second-order valence-corrected chi connectivity index (χ2v) is 9.48. The number of hydrogen-bond donors (Lipinski definition) is 2. The van der Waals surface area contributed by atoms with Gasteiger partial charge in [-0.15, -0.1) is 24.0 Å². The molecule has 0 unspecified atom stereocenters. The van der Waals surface area contributed by atoms with Gasteiger partial charge in [-0.25, -0.2) is 0 Å². The van der Waals surface area contributed by atoms with Crippen molar-refractivity contribution >= 4 is 46.2 Å². The van der Waals surface area contributed by atoms with Gasteiger partial charge in [0.05, 0.1) is 0 Å². The van der Waals surface area contributed by atoms with Crippen molar-refractivity contribution < 1.29 is 14.4 Å². The summed E-state index contributed by atoms with van der Waals surface area (Å²) in [5.74, 6) is 0. The fraction of sp³-hybridized carbons (Fsp3) is 1.00. The van der Waals surface area contributed by atoms with Crippen LogP contribution in [0.25, 0.3) is 0 Å². The fourth-order valence-electron chi connectivity index (χ4n) is 0. The smallest absolute Gasteiger partial charge is 0.107 e. The zero-order valence-electron chi connectivity index (χ0n) is 6.61.